The predicted octanol–water partition coefficient (Wildman–Crippen LogP) is 0.423. The number of aromatic amines is 1. The van der Waals surface area contributed by atoms with Crippen LogP contribution in [-0.2, 0) is 0 Å². The van der Waals surface area contributed by atoms with Crippen molar-refractivity contribution >= 4 is 5.95 Å². The summed E-state index contributed by atoms with van der Waals surface area (Å²) in [5.74, 6) is 1.07. The summed E-state index contributed by atoms with van der Waals surface area (Å²) in [4.78, 5) is 21.0. The maximum Gasteiger partial charge on any atom is 0.349 e. The van der Waals surface area contributed by atoms with Gasteiger partial charge >= 0.3 is 5.69 Å². The van der Waals surface area contributed by atoms with Crippen LogP contribution in [0.2, 0.25) is 0 Å². The molecule has 0 bridgehead atoms. The zero-order chi connectivity index (χ0) is 11.5. The molecule has 6 nitrogen and oxygen atoms in total. The lowest BCUT2D eigenvalue weighted by atomic mass is 10.2. The first-order chi connectivity index (χ1) is 7.69. The Bertz CT molecular complexity index is 547. The highest BCUT2D eigenvalue weighted by Gasteiger charge is 2.03. The average molecular weight is 218 g/mol. The van der Waals surface area contributed by atoms with Crippen LogP contribution in [-0.4, -0.2) is 22.1 Å². The van der Waals surface area contributed by atoms with E-state index >= 15 is 0 Å². The van der Waals surface area contributed by atoms with Gasteiger partial charge in [-0.25, -0.2) is 4.79 Å². The van der Waals surface area contributed by atoms with Crippen LogP contribution in [0.3, 0.4) is 0 Å². The Hall–Kier alpha value is -2.37. The number of methoxy groups -OCH3 is 1. The Morgan fingerprint density at radius 1 is 1.25 bits per heavy atom. The lowest BCUT2D eigenvalue weighted by Crippen LogP contribution is -2.15. The quantitative estimate of drug-likeness (QED) is 0.762. The van der Waals surface area contributed by atoms with E-state index in [0.29, 0.717) is 5.82 Å². The first-order valence-electron chi connectivity index (χ1n) is 4.57. The second-order valence-corrected chi connectivity index (χ2v) is 3.09. The average Bonchev–Trinajstić information content (AvgIpc) is 2.28. The Balaban J connectivity index is 2.46. The maximum absolute atomic E-state index is 11.1. The van der Waals surface area contributed by atoms with Crippen molar-refractivity contribution in [2.75, 3.05) is 12.8 Å². The third-order valence-corrected chi connectivity index (χ3v) is 2.03. The zero-order valence-electron chi connectivity index (χ0n) is 8.60. The molecule has 0 aliphatic heterocycles. The molecule has 0 spiro atoms. The fraction of sp³-hybridized carbons (Fsp3) is 0.100. The second-order valence-electron chi connectivity index (χ2n) is 3.09. The summed E-state index contributed by atoms with van der Waals surface area (Å²) < 4.78 is 5.02. The molecule has 0 unspecified atom stereocenters. The van der Waals surface area contributed by atoms with Crippen LogP contribution in [0, 0.1) is 0 Å². The molecule has 0 aliphatic carbocycles. The molecule has 0 saturated carbocycles. The van der Waals surface area contributed by atoms with Gasteiger partial charge in [-0.1, -0.05) is 0 Å². The van der Waals surface area contributed by atoms with Gasteiger partial charge in [-0.3, -0.25) is 4.98 Å². The van der Waals surface area contributed by atoms with Crippen molar-refractivity contribution in [2.24, 2.45) is 0 Å². The molecular formula is C10H10N4O2. The van der Waals surface area contributed by atoms with Gasteiger partial charge in [-0.2, -0.15) is 9.97 Å². The molecule has 2 rings (SSSR count). The van der Waals surface area contributed by atoms with Crippen molar-refractivity contribution in [3.8, 4) is 17.1 Å². The smallest absolute Gasteiger partial charge is 0.349 e. The van der Waals surface area contributed by atoms with Gasteiger partial charge in [0.05, 0.1) is 7.11 Å². The number of nitrogens with two attached hydrogens (primary N) is 1. The van der Waals surface area contributed by atoms with Crippen molar-refractivity contribution in [1.29, 1.82) is 0 Å². The van der Waals surface area contributed by atoms with E-state index < -0.39 is 5.69 Å². The minimum Gasteiger partial charge on any atom is -0.497 e. The van der Waals surface area contributed by atoms with E-state index in [0.717, 1.165) is 11.3 Å². The number of nitrogen functional groups attached to an aromatic ring is 1. The Labute approximate surface area is 91.1 Å². The minimum atomic E-state index is -0.515. The normalized spacial score (nSPS) is 10.1. The summed E-state index contributed by atoms with van der Waals surface area (Å²) in [6.45, 7) is 0. The predicted molar refractivity (Wildman–Crippen MR) is 59.1 cm³/mol. The summed E-state index contributed by atoms with van der Waals surface area (Å²) in [7, 11) is 1.58. The molecule has 0 atom stereocenters. The molecular weight excluding hydrogens is 208 g/mol. The van der Waals surface area contributed by atoms with Gasteiger partial charge in [-0.05, 0) is 24.3 Å². The van der Waals surface area contributed by atoms with Crippen LogP contribution in [0.5, 0.6) is 5.75 Å². The van der Waals surface area contributed by atoms with Crippen molar-refractivity contribution in [2.45, 2.75) is 0 Å². The molecule has 2 aromatic rings. The highest BCUT2D eigenvalue weighted by atomic mass is 16.5. The molecule has 3 N–H and O–H groups in total. The van der Waals surface area contributed by atoms with Crippen molar-refractivity contribution in [3.63, 3.8) is 0 Å². The highest BCUT2D eigenvalue weighted by molar-refractivity contribution is 5.56. The topological polar surface area (TPSA) is 93.9 Å². The summed E-state index contributed by atoms with van der Waals surface area (Å²) in [5.41, 5.74) is 5.61. The van der Waals surface area contributed by atoms with Crippen molar-refractivity contribution < 1.29 is 4.74 Å². The van der Waals surface area contributed by atoms with Crippen LogP contribution in [0.25, 0.3) is 11.4 Å². The molecule has 0 saturated heterocycles. The summed E-state index contributed by atoms with van der Waals surface area (Å²) >= 11 is 0. The van der Waals surface area contributed by atoms with E-state index in [-0.39, 0.29) is 5.95 Å². The summed E-state index contributed by atoms with van der Waals surface area (Å²) in [6, 6.07) is 7.09. The fourth-order valence-electron chi connectivity index (χ4n) is 1.29. The number of hydrogen-bond acceptors (Lipinski definition) is 5. The van der Waals surface area contributed by atoms with Gasteiger partial charge in [0.25, 0.3) is 0 Å². The number of aromatic nitrogens is 3. The first kappa shape index (κ1) is 10.2. The number of benzene rings is 1. The zero-order valence-corrected chi connectivity index (χ0v) is 8.60. The minimum absolute atomic E-state index is 0.0467. The highest BCUT2D eigenvalue weighted by Crippen LogP contribution is 2.18. The maximum atomic E-state index is 11.1. The van der Waals surface area contributed by atoms with Crippen molar-refractivity contribution in [1.82, 2.24) is 15.0 Å². The van der Waals surface area contributed by atoms with Gasteiger partial charge in [0.2, 0.25) is 5.95 Å². The first-order valence-corrected chi connectivity index (χ1v) is 4.57. The van der Waals surface area contributed by atoms with E-state index in [4.69, 9.17) is 10.5 Å². The Morgan fingerprint density at radius 3 is 2.50 bits per heavy atom. The van der Waals surface area contributed by atoms with E-state index in [1.807, 2.05) is 0 Å². The largest absolute Gasteiger partial charge is 0.497 e. The molecule has 6 heteroatoms. The van der Waals surface area contributed by atoms with E-state index in [2.05, 4.69) is 15.0 Å². The van der Waals surface area contributed by atoms with Gasteiger partial charge in [0.15, 0.2) is 0 Å². The summed E-state index contributed by atoms with van der Waals surface area (Å²) in [6.07, 6.45) is 0. The third kappa shape index (κ3) is 2.00. The molecule has 1 aromatic carbocycles. The standard InChI is InChI=1S/C10H10N4O2/c1-16-7-4-2-6(3-5-7)8-12-9(11)14-10(15)13-8/h2-5H,1H3,(H3,11,12,13,14,15). The lowest BCUT2D eigenvalue weighted by Gasteiger charge is -2.02. The molecule has 0 fully saturated rings. The molecule has 0 amide bonds. The lowest BCUT2D eigenvalue weighted by molar-refractivity contribution is 0.415. The van der Waals surface area contributed by atoms with Crippen LogP contribution < -0.4 is 16.2 Å². The number of anilines is 1. The van der Waals surface area contributed by atoms with E-state index in [1.165, 1.54) is 0 Å². The van der Waals surface area contributed by atoms with Gasteiger partial charge in [0.1, 0.15) is 11.6 Å². The van der Waals surface area contributed by atoms with Crippen LogP contribution in [0.4, 0.5) is 5.95 Å². The molecule has 0 aliphatic rings. The number of ether oxygens (including phenoxy) is 1. The molecule has 0 radical (unpaired) electrons. The fourth-order valence-corrected chi connectivity index (χ4v) is 1.29. The molecule has 1 heterocycles. The van der Waals surface area contributed by atoms with Crippen LogP contribution >= 0.6 is 0 Å². The number of hydrogen-bond donors (Lipinski definition) is 2. The van der Waals surface area contributed by atoms with Crippen LogP contribution in [0.15, 0.2) is 29.1 Å². The van der Waals surface area contributed by atoms with Gasteiger partial charge in [0, 0.05) is 5.56 Å². The van der Waals surface area contributed by atoms with Gasteiger partial charge < -0.3 is 10.5 Å². The third-order valence-electron chi connectivity index (χ3n) is 2.03. The second kappa shape index (κ2) is 4.01. The summed E-state index contributed by atoms with van der Waals surface area (Å²) in [5, 5.41) is 0. The number of nitrogens with one attached hydrogen (secondary N) is 1. The Kier molecular flexibility index (Phi) is 2.55. The number of H-pyrrole nitrogens is 1. The molecule has 1 aromatic heterocycles. The monoisotopic (exact) mass is 218 g/mol. The van der Waals surface area contributed by atoms with Crippen molar-refractivity contribution in [3.05, 3.63) is 34.7 Å². The molecule has 82 valence electrons. The number of nitrogens with zero attached hydrogens (tertiary/aromatic N) is 2. The van der Waals surface area contributed by atoms with E-state index in [9.17, 15) is 4.79 Å². The SMILES string of the molecule is COc1ccc(-c2nc(N)nc(=O)[nH]2)cc1. The Morgan fingerprint density at radius 2 is 1.94 bits per heavy atom. The van der Waals surface area contributed by atoms with Crippen LogP contribution in [0.1, 0.15) is 0 Å². The number of rotatable bonds is 2. The molecule has 16 heavy (non-hydrogen) atoms. The van der Waals surface area contributed by atoms with E-state index in [1.54, 1.807) is 31.4 Å². The van der Waals surface area contributed by atoms with Gasteiger partial charge in [-0.15, -0.1) is 0 Å².